The topological polar surface area (TPSA) is 29.3 Å². The molecular weight excluding hydrogens is 124 g/mol. The van der Waals surface area contributed by atoms with Crippen molar-refractivity contribution < 1.29 is 0 Å². The molecule has 3 atom stereocenters. The maximum atomic E-state index is 5.90. The van der Waals surface area contributed by atoms with Crippen LogP contribution >= 0.6 is 0 Å². The Morgan fingerprint density at radius 1 is 1.40 bits per heavy atom. The zero-order chi connectivity index (χ0) is 7.72. The lowest BCUT2D eigenvalue weighted by atomic mass is 9.91. The van der Waals surface area contributed by atoms with Gasteiger partial charge in [0.15, 0.2) is 0 Å². The van der Waals surface area contributed by atoms with Crippen molar-refractivity contribution in [2.24, 2.45) is 11.7 Å². The summed E-state index contributed by atoms with van der Waals surface area (Å²) in [5.41, 5.74) is 5.90. The lowest BCUT2D eigenvalue weighted by Crippen LogP contribution is -2.48. The average Bonchev–Trinajstić information content (AvgIpc) is 1.84. The van der Waals surface area contributed by atoms with Gasteiger partial charge in [-0.2, -0.15) is 0 Å². The molecule has 0 aliphatic carbocycles. The van der Waals surface area contributed by atoms with Crippen molar-refractivity contribution in [3.05, 3.63) is 0 Å². The van der Waals surface area contributed by atoms with Gasteiger partial charge in [0.1, 0.15) is 0 Å². The van der Waals surface area contributed by atoms with Crippen LogP contribution < -0.4 is 5.73 Å². The molecule has 0 unspecified atom stereocenters. The van der Waals surface area contributed by atoms with Crippen LogP contribution in [0.4, 0.5) is 0 Å². The summed E-state index contributed by atoms with van der Waals surface area (Å²) in [5, 5.41) is 0. The Morgan fingerprint density at radius 2 is 2.00 bits per heavy atom. The molecule has 2 heteroatoms. The number of hydrogen-bond acceptors (Lipinski definition) is 2. The number of piperidine rings is 1. The molecule has 1 saturated heterocycles. The molecule has 10 heavy (non-hydrogen) atoms. The SMILES string of the molecule is C[C@@H]1CN(C)[C@@H](C)C[C@@H]1N. The van der Waals surface area contributed by atoms with E-state index in [1.165, 1.54) is 0 Å². The van der Waals surface area contributed by atoms with Crippen molar-refractivity contribution in [3.8, 4) is 0 Å². The Hall–Kier alpha value is -0.0800. The first kappa shape index (κ1) is 8.02. The Morgan fingerprint density at radius 3 is 2.50 bits per heavy atom. The van der Waals surface area contributed by atoms with Crippen molar-refractivity contribution in [3.63, 3.8) is 0 Å². The number of likely N-dealkylation sites (tertiary alicyclic amines) is 1. The number of nitrogens with zero attached hydrogens (tertiary/aromatic N) is 1. The maximum Gasteiger partial charge on any atom is 0.00915 e. The molecular formula is C8H18N2. The van der Waals surface area contributed by atoms with Gasteiger partial charge in [-0.15, -0.1) is 0 Å². The lowest BCUT2D eigenvalue weighted by molar-refractivity contribution is 0.138. The van der Waals surface area contributed by atoms with Gasteiger partial charge in [-0.05, 0) is 26.3 Å². The monoisotopic (exact) mass is 142 g/mol. The highest BCUT2D eigenvalue weighted by atomic mass is 15.1. The van der Waals surface area contributed by atoms with E-state index in [0.717, 1.165) is 13.0 Å². The predicted molar refractivity (Wildman–Crippen MR) is 43.8 cm³/mol. The van der Waals surface area contributed by atoms with Crippen LogP contribution in [-0.4, -0.2) is 30.6 Å². The number of nitrogens with two attached hydrogens (primary N) is 1. The molecule has 0 aromatic carbocycles. The summed E-state index contributed by atoms with van der Waals surface area (Å²) in [4.78, 5) is 2.38. The van der Waals surface area contributed by atoms with Crippen LogP contribution in [0.3, 0.4) is 0 Å². The van der Waals surface area contributed by atoms with Gasteiger partial charge in [-0.1, -0.05) is 6.92 Å². The maximum absolute atomic E-state index is 5.90. The van der Waals surface area contributed by atoms with Gasteiger partial charge in [0.05, 0.1) is 0 Å². The Labute approximate surface area is 63.4 Å². The first-order valence-corrected chi connectivity index (χ1v) is 4.07. The van der Waals surface area contributed by atoms with Crippen molar-refractivity contribution in [1.82, 2.24) is 4.90 Å². The molecule has 2 nitrogen and oxygen atoms in total. The minimum atomic E-state index is 0.422. The van der Waals surface area contributed by atoms with Gasteiger partial charge in [-0.25, -0.2) is 0 Å². The molecule has 0 aromatic heterocycles. The molecule has 1 aliphatic rings. The molecule has 1 aliphatic heterocycles. The fourth-order valence-electron chi connectivity index (χ4n) is 1.58. The summed E-state index contributed by atoms with van der Waals surface area (Å²) in [6.07, 6.45) is 1.15. The van der Waals surface area contributed by atoms with Gasteiger partial charge < -0.3 is 10.6 Å². The number of hydrogen-bond donors (Lipinski definition) is 1. The first-order chi connectivity index (χ1) is 4.61. The second-order valence-corrected chi connectivity index (χ2v) is 3.67. The van der Waals surface area contributed by atoms with Crippen molar-refractivity contribution in [2.45, 2.75) is 32.4 Å². The first-order valence-electron chi connectivity index (χ1n) is 4.07. The van der Waals surface area contributed by atoms with E-state index in [1.54, 1.807) is 0 Å². The van der Waals surface area contributed by atoms with E-state index in [2.05, 4.69) is 25.8 Å². The smallest absolute Gasteiger partial charge is 0.00915 e. The largest absolute Gasteiger partial charge is 0.327 e. The fourth-order valence-corrected chi connectivity index (χ4v) is 1.58. The molecule has 0 spiro atoms. The molecule has 0 radical (unpaired) electrons. The molecule has 0 bridgehead atoms. The van der Waals surface area contributed by atoms with Gasteiger partial charge in [0.25, 0.3) is 0 Å². The summed E-state index contributed by atoms with van der Waals surface area (Å²) < 4.78 is 0. The van der Waals surface area contributed by atoms with Gasteiger partial charge >= 0.3 is 0 Å². The van der Waals surface area contributed by atoms with E-state index in [4.69, 9.17) is 5.73 Å². The highest BCUT2D eigenvalue weighted by molar-refractivity contribution is 4.83. The summed E-state index contributed by atoms with van der Waals surface area (Å²) in [6, 6.07) is 1.09. The second-order valence-electron chi connectivity index (χ2n) is 3.67. The minimum Gasteiger partial charge on any atom is -0.327 e. The Balaban J connectivity index is 2.46. The van der Waals surface area contributed by atoms with E-state index in [9.17, 15) is 0 Å². The Bertz CT molecular complexity index is 87.8. The molecule has 1 heterocycles. The summed E-state index contributed by atoms with van der Waals surface area (Å²) >= 11 is 0. The summed E-state index contributed by atoms with van der Waals surface area (Å²) in [6.45, 7) is 5.63. The summed E-state index contributed by atoms with van der Waals surface area (Å²) in [7, 11) is 2.17. The molecule has 2 N–H and O–H groups in total. The van der Waals surface area contributed by atoms with Gasteiger partial charge in [-0.3, -0.25) is 0 Å². The van der Waals surface area contributed by atoms with Crippen molar-refractivity contribution in [2.75, 3.05) is 13.6 Å². The van der Waals surface area contributed by atoms with Crippen LogP contribution in [0.2, 0.25) is 0 Å². The van der Waals surface area contributed by atoms with E-state index in [1.807, 2.05) is 0 Å². The molecule has 0 aromatic rings. The second kappa shape index (κ2) is 2.89. The molecule has 1 rings (SSSR count). The van der Waals surface area contributed by atoms with Crippen LogP contribution in [0.15, 0.2) is 0 Å². The highest BCUT2D eigenvalue weighted by Gasteiger charge is 2.25. The van der Waals surface area contributed by atoms with Gasteiger partial charge in [0, 0.05) is 18.6 Å². The molecule has 60 valence electrons. The Kier molecular flexibility index (Phi) is 2.32. The lowest BCUT2D eigenvalue weighted by Gasteiger charge is -2.37. The van der Waals surface area contributed by atoms with E-state index in [-0.39, 0.29) is 0 Å². The van der Waals surface area contributed by atoms with Crippen LogP contribution in [-0.2, 0) is 0 Å². The van der Waals surface area contributed by atoms with Crippen molar-refractivity contribution >= 4 is 0 Å². The number of rotatable bonds is 0. The van der Waals surface area contributed by atoms with Crippen LogP contribution in [0.1, 0.15) is 20.3 Å². The third kappa shape index (κ3) is 1.50. The van der Waals surface area contributed by atoms with Gasteiger partial charge in [0.2, 0.25) is 0 Å². The zero-order valence-electron chi connectivity index (χ0n) is 7.17. The van der Waals surface area contributed by atoms with Crippen LogP contribution in [0, 0.1) is 5.92 Å². The van der Waals surface area contributed by atoms with E-state index < -0.39 is 0 Å². The quantitative estimate of drug-likeness (QED) is 0.539. The van der Waals surface area contributed by atoms with Crippen LogP contribution in [0.5, 0.6) is 0 Å². The zero-order valence-corrected chi connectivity index (χ0v) is 7.17. The third-order valence-corrected chi connectivity index (χ3v) is 2.67. The summed E-state index contributed by atoms with van der Waals surface area (Å²) in [5.74, 6) is 0.668. The minimum absolute atomic E-state index is 0.422. The molecule has 1 fully saturated rings. The van der Waals surface area contributed by atoms with E-state index >= 15 is 0 Å². The molecule has 0 saturated carbocycles. The highest BCUT2D eigenvalue weighted by Crippen LogP contribution is 2.18. The average molecular weight is 142 g/mol. The third-order valence-electron chi connectivity index (χ3n) is 2.67. The molecule has 0 amide bonds. The van der Waals surface area contributed by atoms with Crippen molar-refractivity contribution in [1.29, 1.82) is 0 Å². The fraction of sp³-hybridized carbons (Fsp3) is 1.00. The standard InChI is InChI=1S/C8H18N2/c1-6-5-10(3)7(2)4-8(6)9/h6-8H,4-5,9H2,1-3H3/t6-,7+,8+/m1/s1. The predicted octanol–water partition coefficient (Wildman–Crippen LogP) is 0.674. The van der Waals surface area contributed by atoms with E-state index in [0.29, 0.717) is 18.0 Å². The van der Waals surface area contributed by atoms with Crippen LogP contribution in [0.25, 0.3) is 0 Å². The normalized spacial score (nSPS) is 43.8.